The van der Waals surface area contributed by atoms with Crippen molar-refractivity contribution in [1.82, 2.24) is 0 Å². The highest BCUT2D eigenvalue weighted by Gasteiger charge is 2.36. The van der Waals surface area contributed by atoms with E-state index in [0.29, 0.717) is 21.7 Å². The van der Waals surface area contributed by atoms with Crippen molar-refractivity contribution in [1.29, 1.82) is 0 Å². The van der Waals surface area contributed by atoms with Crippen molar-refractivity contribution in [2.45, 2.75) is 6.42 Å². The van der Waals surface area contributed by atoms with Gasteiger partial charge >= 0.3 is 0 Å². The molecule has 0 atom stereocenters. The Balaban J connectivity index is 2.30. The molecule has 0 unspecified atom stereocenters. The van der Waals surface area contributed by atoms with E-state index in [0.717, 1.165) is 0 Å². The van der Waals surface area contributed by atoms with Crippen LogP contribution >= 0.6 is 23.2 Å². The molecular weight excluding hydrogens is 387 g/mol. The van der Waals surface area contributed by atoms with Gasteiger partial charge in [-0.15, -0.1) is 0 Å². The van der Waals surface area contributed by atoms with Gasteiger partial charge in [-0.25, -0.2) is 0 Å². The molecule has 138 valence electrons. The van der Waals surface area contributed by atoms with Crippen LogP contribution in [0, 0.1) is 0 Å². The summed E-state index contributed by atoms with van der Waals surface area (Å²) in [6, 6.07) is 8.28. The minimum absolute atomic E-state index is 0.00922. The smallest absolute Gasteiger partial charge is 0.198 e. The van der Waals surface area contributed by atoms with Gasteiger partial charge in [-0.05, 0) is 6.07 Å². The van der Waals surface area contributed by atoms with E-state index in [9.17, 15) is 9.59 Å². The van der Waals surface area contributed by atoms with Crippen LogP contribution in [0.4, 0.5) is 0 Å². The maximum atomic E-state index is 13.2. The van der Waals surface area contributed by atoms with Gasteiger partial charge in [0.2, 0.25) is 0 Å². The van der Waals surface area contributed by atoms with Crippen molar-refractivity contribution in [2.24, 2.45) is 0 Å². The molecule has 6 heteroatoms. The molecule has 0 radical (unpaired) electrons. The highest BCUT2D eigenvalue weighted by Crippen LogP contribution is 2.42. The quantitative estimate of drug-likeness (QED) is 0.588. The fourth-order valence-corrected chi connectivity index (χ4v) is 3.32. The molecule has 1 aliphatic rings. The number of ether oxygens (including phenoxy) is 2. The lowest BCUT2D eigenvalue weighted by Gasteiger charge is -2.24. The van der Waals surface area contributed by atoms with Gasteiger partial charge in [0.1, 0.15) is 18.1 Å². The molecule has 0 saturated carbocycles. The summed E-state index contributed by atoms with van der Waals surface area (Å²) in [5.74, 6) is -0.108. The van der Waals surface area contributed by atoms with E-state index in [4.69, 9.17) is 32.7 Å². The number of carbonyl (C=O) groups excluding carboxylic acids is 2. The van der Waals surface area contributed by atoms with Crippen LogP contribution in [0.15, 0.2) is 53.6 Å². The van der Waals surface area contributed by atoms with Gasteiger partial charge in [-0.1, -0.05) is 60.6 Å². The third-order valence-corrected chi connectivity index (χ3v) is 4.40. The maximum Gasteiger partial charge on any atom is 0.198 e. The second kappa shape index (κ2) is 7.59. The molecule has 0 fully saturated rings. The van der Waals surface area contributed by atoms with Crippen molar-refractivity contribution in [3.05, 3.63) is 81.4 Å². The van der Waals surface area contributed by atoms with Gasteiger partial charge in [-0.2, -0.15) is 0 Å². The Kier molecular flexibility index (Phi) is 5.40. The topological polar surface area (TPSA) is 52.6 Å². The summed E-state index contributed by atoms with van der Waals surface area (Å²) >= 11 is 11.8. The third kappa shape index (κ3) is 3.51. The van der Waals surface area contributed by atoms with E-state index in [1.807, 2.05) is 0 Å². The first kappa shape index (κ1) is 19.2. The number of hydrogen-bond acceptors (Lipinski definition) is 4. The summed E-state index contributed by atoms with van der Waals surface area (Å²) in [4.78, 5) is 26.3. The first-order chi connectivity index (χ1) is 12.8. The Bertz CT molecular complexity index is 992. The lowest BCUT2D eigenvalue weighted by molar-refractivity contribution is 0.0973. The Morgan fingerprint density at radius 2 is 1.59 bits per heavy atom. The molecule has 0 aromatic heterocycles. The van der Waals surface area contributed by atoms with Crippen LogP contribution in [0.2, 0.25) is 0 Å². The fraction of sp³-hybridized carbons (Fsp3) is 0.143. The van der Waals surface area contributed by atoms with Gasteiger partial charge in [-0.3, -0.25) is 9.59 Å². The number of fused-ring (bicyclic) bond motifs is 2. The zero-order valence-corrected chi connectivity index (χ0v) is 16.1. The molecule has 0 saturated heterocycles. The molecule has 2 aromatic rings. The number of halogens is 2. The fourth-order valence-electron chi connectivity index (χ4n) is 3.12. The molecule has 1 aliphatic carbocycles. The van der Waals surface area contributed by atoms with Crippen molar-refractivity contribution in [3.63, 3.8) is 0 Å². The maximum absolute atomic E-state index is 13.2. The second-order valence-electron chi connectivity index (χ2n) is 6.02. The molecule has 2 aromatic carbocycles. The van der Waals surface area contributed by atoms with Gasteiger partial charge in [0.05, 0.1) is 18.2 Å². The number of rotatable bonds is 6. The summed E-state index contributed by atoms with van der Waals surface area (Å²) in [6.45, 7) is 7.27. The largest absolute Gasteiger partial charge is 0.496 e. The summed E-state index contributed by atoms with van der Waals surface area (Å²) in [5, 5.41) is 0.619. The van der Waals surface area contributed by atoms with Crippen LogP contribution in [0.1, 0.15) is 37.4 Å². The molecule has 0 bridgehead atoms. The zero-order valence-electron chi connectivity index (χ0n) is 14.6. The number of ketones is 2. The van der Waals surface area contributed by atoms with Gasteiger partial charge in [0.25, 0.3) is 0 Å². The standard InChI is InChI=1S/C21H16Cl2O4/c1-11(22)8-13-9-16(27-10-12(2)23)17-18(21(13)26-3)20(25)15-7-5-4-6-14(15)19(17)24/h4-7,9H,1-2,8,10H2,3H3. The summed E-state index contributed by atoms with van der Waals surface area (Å²) in [6.07, 6.45) is 0.249. The molecule has 0 N–H and O–H groups in total. The molecule has 0 spiro atoms. The minimum Gasteiger partial charge on any atom is -0.496 e. The lowest BCUT2D eigenvalue weighted by atomic mass is 9.81. The van der Waals surface area contributed by atoms with Crippen molar-refractivity contribution in [2.75, 3.05) is 13.7 Å². The van der Waals surface area contributed by atoms with Crippen LogP contribution in [0.3, 0.4) is 0 Å². The Morgan fingerprint density at radius 1 is 1.00 bits per heavy atom. The average Bonchev–Trinajstić information content (AvgIpc) is 2.63. The van der Waals surface area contributed by atoms with E-state index in [1.165, 1.54) is 7.11 Å². The Morgan fingerprint density at radius 3 is 2.11 bits per heavy atom. The SMILES string of the molecule is C=C(Cl)COc1cc(CC(=C)Cl)c(OC)c2c1C(=O)c1ccccc1C2=O. The molecular formula is C21H16Cl2O4. The number of allylic oxidation sites excluding steroid dienone is 1. The van der Waals surface area contributed by atoms with Crippen LogP contribution in [-0.2, 0) is 6.42 Å². The first-order valence-corrected chi connectivity index (χ1v) is 8.82. The van der Waals surface area contributed by atoms with Crippen molar-refractivity contribution < 1.29 is 19.1 Å². The molecule has 0 heterocycles. The minimum atomic E-state index is -0.315. The Hall–Kier alpha value is -2.56. The number of hydrogen-bond donors (Lipinski definition) is 0. The summed E-state index contributed by atoms with van der Waals surface area (Å²) in [5.41, 5.74) is 1.54. The molecule has 27 heavy (non-hydrogen) atoms. The monoisotopic (exact) mass is 402 g/mol. The van der Waals surface area contributed by atoms with Crippen LogP contribution in [0.25, 0.3) is 0 Å². The number of carbonyl (C=O) groups is 2. The number of methoxy groups -OCH3 is 1. The van der Waals surface area contributed by atoms with E-state index in [1.54, 1.807) is 30.3 Å². The van der Waals surface area contributed by atoms with E-state index < -0.39 is 0 Å². The van der Waals surface area contributed by atoms with E-state index in [2.05, 4.69) is 13.2 Å². The third-order valence-electron chi connectivity index (χ3n) is 4.16. The Labute approximate surface area is 167 Å². The van der Waals surface area contributed by atoms with Gasteiger partial charge in [0.15, 0.2) is 11.6 Å². The van der Waals surface area contributed by atoms with Gasteiger partial charge in [0, 0.05) is 33.2 Å². The van der Waals surface area contributed by atoms with Crippen molar-refractivity contribution >= 4 is 34.8 Å². The first-order valence-electron chi connectivity index (χ1n) is 8.06. The zero-order chi connectivity index (χ0) is 19.7. The normalized spacial score (nSPS) is 12.3. The van der Waals surface area contributed by atoms with Crippen molar-refractivity contribution in [3.8, 4) is 11.5 Å². The molecule has 0 aliphatic heterocycles. The van der Waals surface area contributed by atoms with E-state index >= 15 is 0 Å². The van der Waals surface area contributed by atoms with Gasteiger partial charge < -0.3 is 9.47 Å². The predicted octanol–water partition coefficient (Wildman–Crippen LogP) is 4.90. The highest BCUT2D eigenvalue weighted by atomic mass is 35.5. The molecule has 4 nitrogen and oxygen atoms in total. The van der Waals surface area contributed by atoms with Crippen LogP contribution in [-0.4, -0.2) is 25.3 Å². The molecule has 0 amide bonds. The highest BCUT2D eigenvalue weighted by molar-refractivity contribution is 6.31. The average molecular weight is 403 g/mol. The van der Waals surface area contributed by atoms with Crippen LogP contribution in [0.5, 0.6) is 11.5 Å². The van der Waals surface area contributed by atoms with E-state index in [-0.39, 0.29) is 52.3 Å². The second-order valence-corrected chi connectivity index (χ2v) is 7.09. The lowest BCUT2D eigenvalue weighted by Crippen LogP contribution is -2.23. The van der Waals surface area contributed by atoms with Crippen LogP contribution < -0.4 is 9.47 Å². The number of benzene rings is 2. The summed E-state index contributed by atoms with van der Waals surface area (Å²) < 4.78 is 11.2. The predicted molar refractivity (Wildman–Crippen MR) is 105 cm³/mol. The summed E-state index contributed by atoms with van der Waals surface area (Å²) in [7, 11) is 1.44. The molecule has 3 rings (SSSR count).